The van der Waals surface area contributed by atoms with E-state index in [1.165, 1.54) is 38.4 Å². The van der Waals surface area contributed by atoms with Gasteiger partial charge in [0.1, 0.15) is 5.75 Å². The first kappa shape index (κ1) is 17.0. The molecule has 122 valence electrons. The van der Waals surface area contributed by atoms with Gasteiger partial charge in [0.25, 0.3) is 5.91 Å². The number of carbonyl (C=O) groups excluding carboxylic acids is 1. The summed E-state index contributed by atoms with van der Waals surface area (Å²) in [5, 5.41) is 2.76. The standard InChI is InChI=1S/C16H18N2O4S/c1-11-4-9-15(22-3)14(10-11)18-16(19)12-5-7-13(8-6-12)23(20,21)17-2/h4-10,17H,1-3H3,(H,18,19). The van der Waals surface area contributed by atoms with Crippen molar-refractivity contribution in [1.29, 1.82) is 0 Å². The maximum atomic E-state index is 12.3. The first-order chi connectivity index (χ1) is 10.9. The van der Waals surface area contributed by atoms with Crippen LogP contribution in [-0.4, -0.2) is 28.5 Å². The van der Waals surface area contributed by atoms with Crippen LogP contribution >= 0.6 is 0 Å². The number of hydrogen-bond donors (Lipinski definition) is 2. The number of amides is 1. The predicted molar refractivity (Wildman–Crippen MR) is 88.4 cm³/mol. The zero-order valence-electron chi connectivity index (χ0n) is 13.1. The molecule has 0 saturated heterocycles. The molecule has 2 N–H and O–H groups in total. The van der Waals surface area contributed by atoms with Crippen molar-refractivity contribution in [2.24, 2.45) is 0 Å². The van der Waals surface area contributed by atoms with Crippen LogP contribution in [0.25, 0.3) is 0 Å². The van der Waals surface area contributed by atoms with Crippen LogP contribution in [0, 0.1) is 6.92 Å². The number of ether oxygens (including phenoxy) is 1. The topological polar surface area (TPSA) is 84.5 Å². The van der Waals surface area contributed by atoms with E-state index in [0.29, 0.717) is 17.0 Å². The van der Waals surface area contributed by atoms with E-state index >= 15 is 0 Å². The lowest BCUT2D eigenvalue weighted by atomic mass is 10.1. The van der Waals surface area contributed by atoms with Gasteiger partial charge >= 0.3 is 0 Å². The summed E-state index contributed by atoms with van der Waals surface area (Å²) in [4.78, 5) is 12.4. The second kappa shape index (κ2) is 6.80. The van der Waals surface area contributed by atoms with Crippen molar-refractivity contribution in [3.8, 4) is 5.75 Å². The van der Waals surface area contributed by atoms with Gasteiger partial charge in [0, 0.05) is 5.56 Å². The highest BCUT2D eigenvalue weighted by molar-refractivity contribution is 7.89. The number of aryl methyl sites for hydroxylation is 1. The molecule has 0 unspecified atom stereocenters. The molecule has 23 heavy (non-hydrogen) atoms. The summed E-state index contributed by atoms with van der Waals surface area (Å²) in [6.45, 7) is 1.91. The van der Waals surface area contributed by atoms with E-state index in [-0.39, 0.29) is 10.8 Å². The zero-order valence-corrected chi connectivity index (χ0v) is 13.9. The second-order valence-corrected chi connectivity index (χ2v) is 6.78. The fraction of sp³-hybridized carbons (Fsp3) is 0.188. The van der Waals surface area contributed by atoms with Crippen LogP contribution in [0.15, 0.2) is 47.4 Å². The van der Waals surface area contributed by atoms with Gasteiger partial charge < -0.3 is 10.1 Å². The molecule has 2 rings (SSSR count). The molecule has 0 saturated carbocycles. The van der Waals surface area contributed by atoms with Gasteiger partial charge in [-0.1, -0.05) is 6.07 Å². The molecule has 0 atom stereocenters. The lowest BCUT2D eigenvalue weighted by molar-refractivity contribution is 0.102. The Morgan fingerprint density at radius 3 is 2.30 bits per heavy atom. The lowest BCUT2D eigenvalue weighted by Gasteiger charge is -2.11. The smallest absolute Gasteiger partial charge is 0.255 e. The summed E-state index contributed by atoms with van der Waals surface area (Å²) < 4.78 is 30.8. The van der Waals surface area contributed by atoms with Gasteiger partial charge in [-0.05, 0) is 55.9 Å². The average molecular weight is 334 g/mol. The lowest BCUT2D eigenvalue weighted by Crippen LogP contribution is -2.19. The Kier molecular flexibility index (Phi) is 5.02. The van der Waals surface area contributed by atoms with Crippen molar-refractivity contribution >= 4 is 21.6 Å². The largest absolute Gasteiger partial charge is 0.495 e. The molecule has 0 aliphatic rings. The zero-order chi connectivity index (χ0) is 17.0. The Morgan fingerprint density at radius 1 is 1.09 bits per heavy atom. The van der Waals surface area contributed by atoms with Crippen molar-refractivity contribution in [2.45, 2.75) is 11.8 Å². The van der Waals surface area contributed by atoms with E-state index in [0.717, 1.165) is 5.56 Å². The second-order valence-electron chi connectivity index (χ2n) is 4.89. The number of benzene rings is 2. The Balaban J connectivity index is 2.23. The number of hydrogen-bond acceptors (Lipinski definition) is 4. The maximum absolute atomic E-state index is 12.3. The quantitative estimate of drug-likeness (QED) is 0.877. The van der Waals surface area contributed by atoms with E-state index in [9.17, 15) is 13.2 Å². The monoisotopic (exact) mass is 334 g/mol. The molecule has 0 heterocycles. The normalized spacial score (nSPS) is 11.1. The van der Waals surface area contributed by atoms with E-state index < -0.39 is 10.0 Å². The number of sulfonamides is 1. The third kappa shape index (κ3) is 3.88. The van der Waals surface area contributed by atoms with Gasteiger partial charge in [-0.3, -0.25) is 4.79 Å². The van der Waals surface area contributed by atoms with Crippen LogP contribution in [0.3, 0.4) is 0 Å². The molecule has 6 nitrogen and oxygen atoms in total. The van der Waals surface area contributed by atoms with Crippen LogP contribution in [0.5, 0.6) is 5.75 Å². The van der Waals surface area contributed by atoms with E-state index in [1.54, 1.807) is 12.1 Å². The van der Waals surface area contributed by atoms with Crippen molar-refractivity contribution < 1.29 is 17.9 Å². The van der Waals surface area contributed by atoms with E-state index in [4.69, 9.17) is 4.74 Å². The minimum absolute atomic E-state index is 0.102. The number of nitrogens with one attached hydrogen (secondary N) is 2. The summed E-state index contributed by atoms with van der Waals surface area (Å²) in [6.07, 6.45) is 0. The van der Waals surface area contributed by atoms with Gasteiger partial charge in [0.2, 0.25) is 10.0 Å². The van der Waals surface area contributed by atoms with E-state index in [2.05, 4.69) is 10.0 Å². The highest BCUT2D eigenvalue weighted by Gasteiger charge is 2.14. The first-order valence-corrected chi connectivity index (χ1v) is 8.35. The van der Waals surface area contributed by atoms with Crippen molar-refractivity contribution in [1.82, 2.24) is 4.72 Å². The molecular weight excluding hydrogens is 316 g/mol. The minimum Gasteiger partial charge on any atom is -0.495 e. The van der Waals surface area contributed by atoms with Gasteiger partial charge in [-0.2, -0.15) is 0 Å². The average Bonchev–Trinajstić information content (AvgIpc) is 2.55. The van der Waals surface area contributed by atoms with Gasteiger partial charge in [-0.25, -0.2) is 13.1 Å². The first-order valence-electron chi connectivity index (χ1n) is 6.87. The van der Waals surface area contributed by atoms with Crippen LogP contribution in [0.1, 0.15) is 15.9 Å². The Hall–Kier alpha value is -2.38. The fourth-order valence-electron chi connectivity index (χ4n) is 2.02. The highest BCUT2D eigenvalue weighted by atomic mass is 32.2. The van der Waals surface area contributed by atoms with Crippen molar-refractivity contribution in [2.75, 3.05) is 19.5 Å². The molecule has 0 radical (unpaired) electrons. The molecule has 2 aromatic rings. The van der Waals surface area contributed by atoms with Crippen molar-refractivity contribution in [3.63, 3.8) is 0 Å². The molecule has 7 heteroatoms. The number of methoxy groups -OCH3 is 1. The predicted octanol–water partition coefficient (Wildman–Crippen LogP) is 2.16. The molecule has 0 fully saturated rings. The summed E-state index contributed by atoms with van der Waals surface area (Å²) in [7, 11) is -0.659. The summed E-state index contributed by atoms with van der Waals surface area (Å²) in [5.74, 6) is 0.209. The molecular formula is C16H18N2O4S. The summed E-state index contributed by atoms with van der Waals surface area (Å²) >= 11 is 0. The molecule has 0 aromatic heterocycles. The summed E-state index contributed by atoms with van der Waals surface area (Å²) in [5.41, 5.74) is 1.89. The van der Waals surface area contributed by atoms with Crippen LogP contribution in [-0.2, 0) is 10.0 Å². The van der Waals surface area contributed by atoms with Crippen LogP contribution < -0.4 is 14.8 Å². The molecule has 0 bridgehead atoms. The molecule has 1 amide bonds. The van der Waals surface area contributed by atoms with Crippen molar-refractivity contribution in [3.05, 3.63) is 53.6 Å². The number of rotatable bonds is 5. The molecule has 0 aliphatic heterocycles. The van der Waals surface area contributed by atoms with Gasteiger partial charge in [-0.15, -0.1) is 0 Å². The van der Waals surface area contributed by atoms with Crippen LogP contribution in [0.2, 0.25) is 0 Å². The third-order valence-corrected chi connectivity index (χ3v) is 4.73. The van der Waals surface area contributed by atoms with Gasteiger partial charge in [0.05, 0.1) is 17.7 Å². The number of anilines is 1. The Bertz CT molecular complexity index is 814. The number of carbonyl (C=O) groups is 1. The summed E-state index contributed by atoms with van der Waals surface area (Å²) in [6, 6.07) is 11.1. The highest BCUT2D eigenvalue weighted by Crippen LogP contribution is 2.25. The third-order valence-electron chi connectivity index (χ3n) is 3.30. The van der Waals surface area contributed by atoms with Gasteiger partial charge in [0.15, 0.2) is 0 Å². The molecule has 2 aromatic carbocycles. The maximum Gasteiger partial charge on any atom is 0.255 e. The fourth-order valence-corrected chi connectivity index (χ4v) is 2.75. The molecule has 0 spiro atoms. The SMILES string of the molecule is CNS(=O)(=O)c1ccc(C(=O)Nc2cc(C)ccc2OC)cc1. The minimum atomic E-state index is -3.52. The molecule has 0 aliphatic carbocycles. The van der Waals surface area contributed by atoms with E-state index in [1.807, 2.05) is 13.0 Å². The van der Waals surface area contributed by atoms with Crippen LogP contribution in [0.4, 0.5) is 5.69 Å². The Morgan fingerprint density at radius 2 is 1.74 bits per heavy atom. The Labute approximate surface area is 135 Å².